The number of rotatable bonds is 1. The second-order valence-corrected chi connectivity index (χ2v) is 2.61. The zero-order valence-electron chi connectivity index (χ0n) is 6.65. The van der Waals surface area contributed by atoms with Crippen molar-refractivity contribution < 1.29 is 14.7 Å². The number of hydroxylamine groups is 1. The van der Waals surface area contributed by atoms with Gasteiger partial charge in [-0.25, -0.2) is 10.3 Å². The monoisotopic (exact) mass is 177 g/mol. The Morgan fingerprint density at radius 1 is 1.38 bits per heavy atom. The quantitative estimate of drug-likeness (QED) is 0.672. The molecule has 1 aromatic carbocycles. The number of aliphatic carboxylic acids is 1. The molecule has 2 N–H and O–H groups in total. The summed E-state index contributed by atoms with van der Waals surface area (Å²) < 4.78 is 0. The average molecular weight is 177 g/mol. The van der Waals surface area contributed by atoms with Crippen molar-refractivity contribution in [3.63, 3.8) is 0 Å². The fraction of sp³-hybridized carbons (Fsp3) is 0. The highest BCUT2D eigenvalue weighted by atomic mass is 16.6. The van der Waals surface area contributed by atoms with Crippen molar-refractivity contribution in [2.75, 3.05) is 0 Å². The summed E-state index contributed by atoms with van der Waals surface area (Å²) in [5, 5.41) is 8.65. The van der Waals surface area contributed by atoms with Gasteiger partial charge in [-0.05, 0) is 12.1 Å². The van der Waals surface area contributed by atoms with Crippen LogP contribution in [0.25, 0.3) is 6.08 Å². The van der Waals surface area contributed by atoms with Crippen molar-refractivity contribution in [1.82, 2.24) is 5.48 Å². The van der Waals surface area contributed by atoms with Crippen molar-refractivity contribution in [3.8, 4) is 5.75 Å². The van der Waals surface area contributed by atoms with Gasteiger partial charge in [-0.1, -0.05) is 18.2 Å². The highest BCUT2D eigenvalue weighted by Crippen LogP contribution is 2.23. The van der Waals surface area contributed by atoms with Gasteiger partial charge in [0, 0.05) is 5.56 Å². The van der Waals surface area contributed by atoms with Gasteiger partial charge in [-0.15, -0.1) is 0 Å². The average Bonchev–Trinajstić information content (AvgIpc) is 2.17. The largest absolute Gasteiger partial charge is 0.476 e. The second kappa shape index (κ2) is 2.82. The molecule has 0 unspecified atom stereocenters. The van der Waals surface area contributed by atoms with Crippen LogP contribution >= 0.6 is 0 Å². The van der Waals surface area contributed by atoms with Crippen LogP contribution in [0.5, 0.6) is 5.75 Å². The van der Waals surface area contributed by atoms with Gasteiger partial charge >= 0.3 is 5.97 Å². The summed E-state index contributed by atoms with van der Waals surface area (Å²) in [5.74, 6) is -0.401. The molecule has 2 rings (SSSR count). The number of benzene rings is 1. The third kappa shape index (κ3) is 1.33. The Labute approximate surface area is 74.4 Å². The van der Waals surface area contributed by atoms with Crippen LogP contribution < -0.4 is 10.3 Å². The van der Waals surface area contributed by atoms with Crippen LogP contribution in [0.2, 0.25) is 0 Å². The number of hydrogen-bond acceptors (Lipinski definition) is 3. The molecule has 0 atom stereocenters. The smallest absolute Gasteiger partial charge is 0.355 e. The number of para-hydroxylation sites is 1. The summed E-state index contributed by atoms with van der Waals surface area (Å²) >= 11 is 0. The van der Waals surface area contributed by atoms with Crippen molar-refractivity contribution in [2.45, 2.75) is 0 Å². The summed E-state index contributed by atoms with van der Waals surface area (Å²) in [6.45, 7) is 0. The van der Waals surface area contributed by atoms with Gasteiger partial charge < -0.3 is 9.94 Å². The Balaban J connectivity index is 2.44. The van der Waals surface area contributed by atoms with E-state index < -0.39 is 5.97 Å². The van der Waals surface area contributed by atoms with Gasteiger partial charge in [0.2, 0.25) is 0 Å². The van der Waals surface area contributed by atoms with Gasteiger partial charge in [0.1, 0.15) is 0 Å². The molecule has 0 fully saturated rings. The first-order chi connectivity index (χ1) is 6.27. The maximum atomic E-state index is 10.6. The first-order valence-corrected chi connectivity index (χ1v) is 3.74. The Morgan fingerprint density at radius 3 is 2.92 bits per heavy atom. The lowest BCUT2D eigenvalue weighted by atomic mass is 10.1. The highest BCUT2D eigenvalue weighted by molar-refractivity contribution is 5.92. The third-order valence-electron chi connectivity index (χ3n) is 1.72. The summed E-state index contributed by atoms with van der Waals surface area (Å²) in [6.07, 6.45) is 1.53. The maximum Gasteiger partial charge on any atom is 0.355 e. The minimum Gasteiger partial charge on any atom is -0.476 e. The van der Waals surface area contributed by atoms with E-state index in [4.69, 9.17) is 9.94 Å². The molecular formula is C9H7NO3. The van der Waals surface area contributed by atoms with Crippen LogP contribution in [-0.2, 0) is 4.79 Å². The van der Waals surface area contributed by atoms with Crippen LogP contribution in [0.3, 0.4) is 0 Å². The van der Waals surface area contributed by atoms with Gasteiger partial charge in [0.05, 0.1) is 0 Å². The van der Waals surface area contributed by atoms with Crippen LogP contribution in [0, 0.1) is 0 Å². The lowest BCUT2D eigenvalue weighted by Gasteiger charge is -2.15. The molecule has 0 saturated carbocycles. The lowest BCUT2D eigenvalue weighted by molar-refractivity contribution is -0.133. The highest BCUT2D eigenvalue weighted by Gasteiger charge is 2.14. The molecule has 0 spiro atoms. The van der Waals surface area contributed by atoms with Gasteiger partial charge in [0.25, 0.3) is 0 Å². The van der Waals surface area contributed by atoms with Crippen LogP contribution in [0.1, 0.15) is 5.56 Å². The molecule has 0 aromatic heterocycles. The predicted molar refractivity (Wildman–Crippen MR) is 45.8 cm³/mol. The molecule has 0 bridgehead atoms. The summed E-state index contributed by atoms with van der Waals surface area (Å²) in [5.41, 5.74) is 3.14. The first kappa shape index (κ1) is 7.67. The van der Waals surface area contributed by atoms with E-state index in [1.165, 1.54) is 6.08 Å². The zero-order chi connectivity index (χ0) is 9.26. The van der Waals surface area contributed by atoms with Gasteiger partial charge in [0.15, 0.2) is 11.4 Å². The van der Waals surface area contributed by atoms with E-state index in [2.05, 4.69) is 5.48 Å². The number of hydrogen-bond donors (Lipinski definition) is 2. The van der Waals surface area contributed by atoms with E-state index in [0.717, 1.165) is 5.56 Å². The molecule has 1 aromatic rings. The molecule has 0 saturated heterocycles. The fourth-order valence-corrected chi connectivity index (χ4v) is 1.09. The standard InChI is InChI=1S/C9H7NO3/c11-9(12)7-5-6-3-1-2-4-8(6)13-10-7/h1-5,10H,(H,11,12). The number of nitrogens with one attached hydrogen (secondary N) is 1. The summed E-state index contributed by atoms with van der Waals surface area (Å²) in [4.78, 5) is 15.6. The van der Waals surface area contributed by atoms with E-state index in [0.29, 0.717) is 5.75 Å². The SMILES string of the molecule is O=C(O)C1=Cc2ccccc2ON1. The van der Waals surface area contributed by atoms with Crippen molar-refractivity contribution in [3.05, 3.63) is 35.5 Å². The van der Waals surface area contributed by atoms with Crippen LogP contribution in [0.15, 0.2) is 30.0 Å². The molecular weight excluding hydrogens is 170 g/mol. The van der Waals surface area contributed by atoms with E-state index in [9.17, 15) is 4.79 Å². The van der Waals surface area contributed by atoms with Gasteiger partial charge in [-0.2, -0.15) is 0 Å². The lowest BCUT2D eigenvalue weighted by Crippen LogP contribution is -2.26. The Bertz CT molecular complexity index is 384. The number of fused-ring (bicyclic) bond motifs is 1. The minimum absolute atomic E-state index is 0.0405. The molecule has 66 valence electrons. The zero-order valence-corrected chi connectivity index (χ0v) is 6.65. The van der Waals surface area contributed by atoms with E-state index in [1.54, 1.807) is 12.1 Å². The number of carboxylic acid groups (broad SMARTS) is 1. The molecule has 0 aliphatic carbocycles. The molecule has 0 radical (unpaired) electrons. The van der Waals surface area contributed by atoms with Crippen LogP contribution in [-0.4, -0.2) is 11.1 Å². The molecule has 1 aliphatic heterocycles. The van der Waals surface area contributed by atoms with Gasteiger partial charge in [-0.3, -0.25) is 0 Å². The molecule has 13 heavy (non-hydrogen) atoms. The predicted octanol–water partition coefficient (Wildman–Crippen LogP) is 1.01. The Morgan fingerprint density at radius 2 is 2.15 bits per heavy atom. The molecule has 1 heterocycles. The summed E-state index contributed by atoms with van der Waals surface area (Å²) in [6, 6.07) is 7.19. The summed E-state index contributed by atoms with van der Waals surface area (Å²) in [7, 11) is 0. The normalized spacial score (nSPS) is 13.4. The van der Waals surface area contributed by atoms with Crippen molar-refractivity contribution in [2.24, 2.45) is 0 Å². The second-order valence-electron chi connectivity index (χ2n) is 2.61. The Kier molecular flexibility index (Phi) is 1.66. The number of carboxylic acids is 1. The van der Waals surface area contributed by atoms with Crippen molar-refractivity contribution in [1.29, 1.82) is 0 Å². The third-order valence-corrected chi connectivity index (χ3v) is 1.72. The molecule has 1 aliphatic rings. The minimum atomic E-state index is -1.03. The van der Waals surface area contributed by atoms with E-state index >= 15 is 0 Å². The topological polar surface area (TPSA) is 58.6 Å². The molecule has 0 amide bonds. The fourth-order valence-electron chi connectivity index (χ4n) is 1.09. The van der Waals surface area contributed by atoms with E-state index in [-0.39, 0.29) is 5.70 Å². The van der Waals surface area contributed by atoms with Crippen LogP contribution in [0.4, 0.5) is 0 Å². The molecule has 4 nitrogen and oxygen atoms in total. The maximum absolute atomic E-state index is 10.6. The molecule has 4 heteroatoms. The first-order valence-electron chi connectivity index (χ1n) is 3.74. The van der Waals surface area contributed by atoms with Crippen molar-refractivity contribution >= 4 is 12.0 Å². The van der Waals surface area contributed by atoms with E-state index in [1.807, 2.05) is 12.1 Å². The Hall–Kier alpha value is -1.97. The number of carbonyl (C=O) groups is 1.